The highest BCUT2D eigenvalue weighted by atomic mass is 32.2. The summed E-state index contributed by atoms with van der Waals surface area (Å²) in [5.74, 6) is 0.186. The molecule has 0 fully saturated rings. The zero-order valence-electron chi connectivity index (χ0n) is 15.5. The molecule has 1 aliphatic heterocycles. The molecule has 0 unspecified atom stereocenters. The normalized spacial score (nSPS) is 15.4. The first-order chi connectivity index (χ1) is 12.8. The molecule has 27 heavy (non-hydrogen) atoms. The third kappa shape index (κ3) is 3.28. The number of carbonyl (C=O) groups is 1. The molecule has 0 atom stereocenters. The van der Waals surface area contributed by atoms with E-state index in [0.29, 0.717) is 18.7 Å². The largest absolute Gasteiger partial charge is 0.481 e. The summed E-state index contributed by atoms with van der Waals surface area (Å²) >= 11 is 0. The number of nitrogens with two attached hydrogens (primary N) is 1. The van der Waals surface area contributed by atoms with E-state index in [1.807, 2.05) is 13.8 Å². The van der Waals surface area contributed by atoms with Gasteiger partial charge in [-0.1, -0.05) is 19.9 Å². The number of ether oxygens (including phenoxy) is 1. The Morgan fingerprint density at radius 3 is 2.48 bits per heavy atom. The molecule has 0 saturated heterocycles. The molecule has 0 amide bonds. The lowest BCUT2D eigenvalue weighted by atomic mass is 9.95. The molecule has 1 heterocycles. The summed E-state index contributed by atoms with van der Waals surface area (Å²) in [5.41, 5.74) is 7.27. The smallest absolute Gasteiger partial charge is 0.215 e. The van der Waals surface area contributed by atoms with Gasteiger partial charge in [0.1, 0.15) is 0 Å². The van der Waals surface area contributed by atoms with Gasteiger partial charge in [-0.15, -0.1) is 0 Å². The lowest BCUT2D eigenvalue weighted by molar-refractivity contribution is 0.103. The number of rotatable bonds is 4. The predicted octanol–water partition coefficient (Wildman–Crippen LogP) is 2.54. The van der Waals surface area contributed by atoms with Crippen molar-refractivity contribution in [2.45, 2.75) is 29.6 Å². The highest BCUT2D eigenvalue weighted by molar-refractivity contribution is 7.91. The monoisotopic (exact) mass is 386 g/mol. The summed E-state index contributed by atoms with van der Waals surface area (Å²) in [6.45, 7) is 4.69. The van der Waals surface area contributed by atoms with Crippen molar-refractivity contribution in [1.82, 2.24) is 0 Å². The summed E-state index contributed by atoms with van der Waals surface area (Å²) < 4.78 is 31.5. The van der Waals surface area contributed by atoms with Crippen molar-refractivity contribution in [3.8, 4) is 0 Å². The average Bonchev–Trinajstić information content (AvgIpc) is 2.66. The molecule has 7 heteroatoms. The van der Waals surface area contributed by atoms with Crippen LogP contribution in [0.1, 0.15) is 46.8 Å². The first-order valence-corrected chi connectivity index (χ1v) is 10.2. The van der Waals surface area contributed by atoms with Crippen molar-refractivity contribution < 1.29 is 17.9 Å². The van der Waals surface area contributed by atoms with E-state index < -0.39 is 9.84 Å². The first kappa shape index (κ1) is 19.3. The van der Waals surface area contributed by atoms with Crippen molar-refractivity contribution in [2.24, 2.45) is 10.7 Å². The zero-order valence-corrected chi connectivity index (χ0v) is 16.3. The van der Waals surface area contributed by atoms with Gasteiger partial charge in [-0.25, -0.2) is 13.4 Å². The highest BCUT2D eigenvalue weighted by Crippen LogP contribution is 2.36. The summed E-state index contributed by atoms with van der Waals surface area (Å²) in [5, 5.41) is 0. The van der Waals surface area contributed by atoms with Gasteiger partial charge in [-0.3, -0.25) is 4.79 Å². The van der Waals surface area contributed by atoms with Crippen LogP contribution in [0.5, 0.6) is 0 Å². The van der Waals surface area contributed by atoms with E-state index in [0.717, 1.165) is 5.56 Å². The Balaban J connectivity index is 2.18. The third-order valence-electron chi connectivity index (χ3n) is 4.54. The Labute approximate surface area is 159 Å². The quantitative estimate of drug-likeness (QED) is 0.549. The van der Waals surface area contributed by atoms with Crippen LogP contribution >= 0.6 is 0 Å². The summed E-state index contributed by atoms with van der Waals surface area (Å²) in [6, 6.07) is 9.56. The van der Waals surface area contributed by atoms with Gasteiger partial charge in [0.05, 0.1) is 23.4 Å². The molecule has 142 valence electrons. The van der Waals surface area contributed by atoms with E-state index in [4.69, 9.17) is 10.5 Å². The standard InChI is InChI=1S/C20H22N2O4S/c1-12(2)13-5-7-17-16(10-13)19(23)15-6-4-14(11-18(15)27(17,24)25)20(26-3)22-9-8-21/h4-7,10-12H,8-9,21H2,1-3H3. The number of aliphatic imine (C=N–C) groups is 1. The number of hydrogen-bond acceptors (Lipinski definition) is 6. The molecule has 2 aromatic rings. The highest BCUT2D eigenvalue weighted by Gasteiger charge is 2.35. The van der Waals surface area contributed by atoms with Crippen LogP contribution in [0.3, 0.4) is 0 Å². The van der Waals surface area contributed by atoms with Gasteiger partial charge in [0.25, 0.3) is 0 Å². The van der Waals surface area contributed by atoms with Crippen LogP contribution in [-0.4, -0.2) is 40.3 Å². The van der Waals surface area contributed by atoms with E-state index in [9.17, 15) is 13.2 Å². The zero-order chi connectivity index (χ0) is 19.8. The molecular formula is C20H22N2O4S. The molecule has 1 aliphatic rings. The molecule has 0 bridgehead atoms. The lowest BCUT2D eigenvalue weighted by Gasteiger charge is -2.21. The fraction of sp³-hybridized carbons (Fsp3) is 0.300. The van der Waals surface area contributed by atoms with Crippen LogP contribution < -0.4 is 5.73 Å². The Kier molecular flexibility index (Phi) is 5.17. The van der Waals surface area contributed by atoms with Crippen LogP contribution in [0.2, 0.25) is 0 Å². The Morgan fingerprint density at radius 1 is 1.11 bits per heavy atom. The van der Waals surface area contributed by atoms with Gasteiger partial charge in [0.15, 0.2) is 5.78 Å². The molecule has 6 nitrogen and oxygen atoms in total. The first-order valence-electron chi connectivity index (χ1n) is 8.68. The van der Waals surface area contributed by atoms with Crippen LogP contribution in [0.15, 0.2) is 51.2 Å². The number of carbonyl (C=O) groups excluding carboxylic acids is 1. The van der Waals surface area contributed by atoms with Gasteiger partial charge in [0, 0.05) is 23.2 Å². The molecule has 0 saturated carbocycles. The van der Waals surface area contributed by atoms with E-state index >= 15 is 0 Å². The van der Waals surface area contributed by atoms with Gasteiger partial charge >= 0.3 is 0 Å². The van der Waals surface area contributed by atoms with E-state index in [2.05, 4.69) is 4.99 Å². The van der Waals surface area contributed by atoms with E-state index in [1.54, 1.807) is 18.2 Å². The Hall–Kier alpha value is -2.51. The topological polar surface area (TPSA) is 98.8 Å². The van der Waals surface area contributed by atoms with Crippen LogP contribution in [0.25, 0.3) is 0 Å². The van der Waals surface area contributed by atoms with E-state index in [-0.39, 0.29) is 38.5 Å². The van der Waals surface area contributed by atoms with Gasteiger partial charge < -0.3 is 10.5 Å². The van der Waals surface area contributed by atoms with Crippen molar-refractivity contribution in [1.29, 1.82) is 0 Å². The van der Waals surface area contributed by atoms with Crippen LogP contribution in [-0.2, 0) is 14.6 Å². The minimum atomic E-state index is -3.82. The number of methoxy groups -OCH3 is 1. The number of nitrogens with zero attached hydrogens (tertiary/aromatic N) is 1. The second kappa shape index (κ2) is 7.25. The maximum atomic E-state index is 13.1. The number of sulfone groups is 1. The minimum Gasteiger partial charge on any atom is -0.481 e. The number of hydrogen-bond donors (Lipinski definition) is 1. The van der Waals surface area contributed by atoms with Gasteiger partial charge in [-0.05, 0) is 41.8 Å². The number of fused-ring (bicyclic) bond motifs is 2. The average molecular weight is 386 g/mol. The molecule has 3 rings (SSSR count). The van der Waals surface area contributed by atoms with Crippen LogP contribution in [0.4, 0.5) is 0 Å². The number of ketones is 1. The summed E-state index contributed by atoms with van der Waals surface area (Å²) in [4.78, 5) is 17.2. The van der Waals surface area contributed by atoms with Crippen molar-refractivity contribution in [3.63, 3.8) is 0 Å². The predicted molar refractivity (Wildman–Crippen MR) is 103 cm³/mol. The summed E-state index contributed by atoms with van der Waals surface area (Å²) in [7, 11) is -2.36. The van der Waals surface area contributed by atoms with Gasteiger partial charge in [-0.2, -0.15) is 0 Å². The Bertz CT molecular complexity index is 1040. The molecule has 0 radical (unpaired) electrons. The SMILES string of the molecule is COC(=NCCN)c1ccc2c(c1)S(=O)(=O)c1ccc(C(C)C)cc1C2=O. The van der Waals surface area contributed by atoms with E-state index in [1.165, 1.54) is 25.3 Å². The fourth-order valence-electron chi connectivity index (χ4n) is 3.09. The second-order valence-electron chi connectivity index (χ2n) is 6.63. The van der Waals surface area contributed by atoms with Gasteiger partial charge in [0.2, 0.25) is 15.7 Å². The van der Waals surface area contributed by atoms with Crippen molar-refractivity contribution in [3.05, 3.63) is 58.7 Å². The fourth-order valence-corrected chi connectivity index (χ4v) is 4.74. The maximum Gasteiger partial charge on any atom is 0.215 e. The maximum absolute atomic E-state index is 13.1. The van der Waals surface area contributed by atoms with Crippen molar-refractivity contribution >= 4 is 21.5 Å². The molecule has 2 aromatic carbocycles. The molecule has 2 N–H and O–H groups in total. The van der Waals surface area contributed by atoms with Crippen molar-refractivity contribution in [2.75, 3.05) is 20.2 Å². The second-order valence-corrected chi connectivity index (χ2v) is 8.52. The van der Waals surface area contributed by atoms with Crippen LogP contribution in [0, 0.1) is 0 Å². The molecule has 0 aromatic heterocycles. The summed E-state index contributed by atoms with van der Waals surface area (Å²) in [6.07, 6.45) is 0. The lowest BCUT2D eigenvalue weighted by Crippen LogP contribution is -2.21. The third-order valence-corrected chi connectivity index (χ3v) is 6.40. The number of benzene rings is 2. The molecular weight excluding hydrogens is 364 g/mol. The minimum absolute atomic E-state index is 0.0210. The molecule has 0 aliphatic carbocycles. The molecule has 0 spiro atoms. The Morgan fingerprint density at radius 2 is 1.85 bits per heavy atom.